The fourth-order valence-electron chi connectivity index (χ4n) is 2.99. The van der Waals surface area contributed by atoms with Crippen LogP contribution in [-0.4, -0.2) is 40.0 Å². The van der Waals surface area contributed by atoms with Crippen LogP contribution in [0.4, 0.5) is 0 Å². The van der Waals surface area contributed by atoms with Crippen molar-refractivity contribution in [1.29, 1.82) is 0 Å². The molecule has 1 amide bonds. The number of likely N-dealkylation sites (tertiary alicyclic amines) is 1. The molecule has 1 unspecified atom stereocenters. The number of carbonyl (C=O) groups excluding carboxylic acids is 1. The van der Waals surface area contributed by atoms with Crippen molar-refractivity contribution in [3.8, 4) is 5.75 Å². The summed E-state index contributed by atoms with van der Waals surface area (Å²) in [5, 5.41) is 9.32. The van der Waals surface area contributed by atoms with Crippen LogP contribution in [0.25, 0.3) is 0 Å². The van der Waals surface area contributed by atoms with Gasteiger partial charge in [-0.15, -0.1) is 0 Å². The number of amides is 1. The Hall–Kier alpha value is -2.89. The van der Waals surface area contributed by atoms with Crippen molar-refractivity contribution in [2.75, 3.05) is 13.1 Å². The lowest BCUT2D eigenvalue weighted by Crippen LogP contribution is -2.34. The Morgan fingerprint density at radius 3 is 2.77 bits per heavy atom. The molecule has 1 aromatic carbocycles. The van der Waals surface area contributed by atoms with E-state index in [-0.39, 0.29) is 12.5 Å². The van der Waals surface area contributed by atoms with Crippen molar-refractivity contribution in [3.05, 3.63) is 59.4 Å². The highest BCUT2D eigenvalue weighted by atomic mass is 16.5. The number of rotatable bonds is 5. The number of benzene rings is 1. The SMILES string of the molecule is Cc1ccc(OCc2cccc(C(=O)N3CCC(C)(C(=O)O)C3)c2)cn1. The van der Waals surface area contributed by atoms with E-state index in [0.29, 0.717) is 30.9 Å². The Morgan fingerprint density at radius 1 is 1.31 bits per heavy atom. The van der Waals surface area contributed by atoms with Crippen LogP contribution in [0.15, 0.2) is 42.6 Å². The van der Waals surface area contributed by atoms with Crippen LogP contribution >= 0.6 is 0 Å². The first-order valence-electron chi connectivity index (χ1n) is 8.54. The molecule has 1 saturated heterocycles. The summed E-state index contributed by atoms with van der Waals surface area (Å²) >= 11 is 0. The van der Waals surface area contributed by atoms with E-state index in [1.54, 1.807) is 30.2 Å². The highest BCUT2D eigenvalue weighted by molar-refractivity contribution is 5.95. The maximum atomic E-state index is 12.7. The third-order valence-corrected chi connectivity index (χ3v) is 4.74. The van der Waals surface area contributed by atoms with Crippen molar-refractivity contribution >= 4 is 11.9 Å². The molecule has 0 aliphatic carbocycles. The maximum absolute atomic E-state index is 12.7. The van der Waals surface area contributed by atoms with Crippen LogP contribution in [0.3, 0.4) is 0 Å². The first-order chi connectivity index (χ1) is 12.4. The van der Waals surface area contributed by atoms with Gasteiger partial charge in [0.25, 0.3) is 5.91 Å². The average Bonchev–Trinajstić information content (AvgIpc) is 3.05. The molecule has 0 spiro atoms. The molecule has 1 aromatic heterocycles. The second-order valence-corrected chi connectivity index (χ2v) is 6.97. The molecule has 0 radical (unpaired) electrons. The van der Waals surface area contributed by atoms with Crippen molar-refractivity contribution in [3.63, 3.8) is 0 Å². The summed E-state index contributed by atoms with van der Waals surface area (Å²) in [6, 6.07) is 11.0. The number of pyridine rings is 1. The highest BCUT2D eigenvalue weighted by Gasteiger charge is 2.42. The van der Waals surface area contributed by atoms with Gasteiger partial charge in [-0.2, -0.15) is 0 Å². The van der Waals surface area contributed by atoms with Crippen molar-refractivity contribution in [2.24, 2.45) is 5.41 Å². The molecule has 26 heavy (non-hydrogen) atoms. The number of ether oxygens (including phenoxy) is 1. The molecule has 1 atom stereocenters. The molecule has 0 bridgehead atoms. The lowest BCUT2D eigenvalue weighted by molar-refractivity contribution is -0.147. The summed E-state index contributed by atoms with van der Waals surface area (Å²) in [5.41, 5.74) is 1.47. The van der Waals surface area contributed by atoms with Gasteiger partial charge in [-0.25, -0.2) is 0 Å². The van der Waals surface area contributed by atoms with Gasteiger partial charge in [0.15, 0.2) is 0 Å². The Morgan fingerprint density at radius 2 is 2.12 bits per heavy atom. The number of nitrogens with zero attached hydrogens (tertiary/aromatic N) is 2. The molecule has 1 aliphatic rings. The first-order valence-corrected chi connectivity index (χ1v) is 8.54. The number of hydrogen-bond acceptors (Lipinski definition) is 4. The van der Waals surface area contributed by atoms with Gasteiger partial charge in [0, 0.05) is 24.3 Å². The molecule has 6 heteroatoms. The van der Waals surface area contributed by atoms with E-state index in [4.69, 9.17) is 4.74 Å². The summed E-state index contributed by atoms with van der Waals surface area (Å²) in [4.78, 5) is 29.9. The number of hydrogen-bond donors (Lipinski definition) is 1. The van der Waals surface area contributed by atoms with Gasteiger partial charge >= 0.3 is 5.97 Å². The van der Waals surface area contributed by atoms with Gasteiger partial charge < -0.3 is 14.7 Å². The van der Waals surface area contributed by atoms with Crippen LogP contribution < -0.4 is 4.74 Å². The maximum Gasteiger partial charge on any atom is 0.311 e. The largest absolute Gasteiger partial charge is 0.487 e. The Bertz CT molecular complexity index is 819. The summed E-state index contributed by atoms with van der Waals surface area (Å²) in [6.45, 7) is 4.61. The lowest BCUT2D eigenvalue weighted by atomic mass is 9.90. The minimum absolute atomic E-state index is 0.145. The number of aromatic nitrogens is 1. The fourth-order valence-corrected chi connectivity index (χ4v) is 2.99. The fraction of sp³-hybridized carbons (Fsp3) is 0.350. The average molecular weight is 354 g/mol. The summed E-state index contributed by atoms with van der Waals surface area (Å²) < 4.78 is 5.71. The first kappa shape index (κ1) is 17.9. The van der Waals surface area contributed by atoms with Gasteiger partial charge in [-0.1, -0.05) is 12.1 Å². The minimum atomic E-state index is -0.866. The summed E-state index contributed by atoms with van der Waals surface area (Å²) in [7, 11) is 0. The Kier molecular flexibility index (Phi) is 4.93. The Balaban J connectivity index is 1.66. The third kappa shape index (κ3) is 3.85. The van der Waals surface area contributed by atoms with Crippen molar-refractivity contribution < 1.29 is 19.4 Å². The molecule has 0 saturated carbocycles. The molecule has 1 N–H and O–H groups in total. The quantitative estimate of drug-likeness (QED) is 0.893. The summed E-state index contributed by atoms with van der Waals surface area (Å²) in [5.74, 6) is -0.334. The second-order valence-electron chi connectivity index (χ2n) is 6.97. The van der Waals surface area contributed by atoms with Crippen LogP contribution in [0.5, 0.6) is 5.75 Å². The zero-order valence-corrected chi connectivity index (χ0v) is 14.9. The molecule has 6 nitrogen and oxygen atoms in total. The number of carboxylic acids is 1. The van der Waals surface area contributed by atoms with Gasteiger partial charge in [-0.3, -0.25) is 14.6 Å². The number of carbonyl (C=O) groups is 2. The van der Waals surface area contributed by atoms with Crippen LogP contribution in [0.2, 0.25) is 0 Å². The van der Waals surface area contributed by atoms with E-state index in [1.165, 1.54) is 0 Å². The van der Waals surface area contributed by atoms with Gasteiger partial charge in [-0.05, 0) is 50.1 Å². The number of aryl methyl sites for hydroxylation is 1. The molecule has 2 aromatic rings. The zero-order valence-electron chi connectivity index (χ0n) is 14.9. The number of aliphatic carboxylic acids is 1. The van der Waals surface area contributed by atoms with Crippen molar-refractivity contribution in [2.45, 2.75) is 26.9 Å². The standard InChI is InChI=1S/C20H22N2O4/c1-14-6-7-17(11-21-14)26-12-15-4-3-5-16(10-15)18(23)22-9-8-20(2,13-22)19(24)25/h3-7,10-11H,8-9,12-13H2,1-2H3,(H,24,25). The van der Waals surface area contributed by atoms with E-state index in [1.807, 2.05) is 31.2 Å². The predicted molar refractivity (Wildman–Crippen MR) is 96.0 cm³/mol. The van der Waals surface area contributed by atoms with Crippen LogP contribution in [0, 0.1) is 12.3 Å². The molecular weight excluding hydrogens is 332 g/mol. The third-order valence-electron chi connectivity index (χ3n) is 4.74. The normalized spacial score (nSPS) is 19.4. The van der Waals surface area contributed by atoms with Gasteiger partial charge in [0.05, 0.1) is 11.6 Å². The number of carboxylic acid groups (broad SMARTS) is 1. The van der Waals surface area contributed by atoms with E-state index >= 15 is 0 Å². The second kappa shape index (κ2) is 7.15. The molecule has 2 heterocycles. The smallest absolute Gasteiger partial charge is 0.311 e. The zero-order chi connectivity index (χ0) is 18.7. The van der Waals surface area contributed by atoms with E-state index in [2.05, 4.69) is 4.98 Å². The van der Waals surface area contributed by atoms with E-state index in [0.717, 1.165) is 11.3 Å². The molecule has 1 aliphatic heterocycles. The Labute approximate surface area is 152 Å². The minimum Gasteiger partial charge on any atom is -0.487 e. The topological polar surface area (TPSA) is 79.7 Å². The lowest BCUT2D eigenvalue weighted by Gasteiger charge is -2.20. The van der Waals surface area contributed by atoms with Crippen molar-refractivity contribution in [1.82, 2.24) is 9.88 Å². The van der Waals surface area contributed by atoms with Gasteiger partial charge in [0.2, 0.25) is 0 Å². The molecule has 3 rings (SSSR count). The van der Waals surface area contributed by atoms with Gasteiger partial charge in [0.1, 0.15) is 12.4 Å². The van der Waals surface area contributed by atoms with E-state index < -0.39 is 11.4 Å². The van der Waals surface area contributed by atoms with E-state index in [9.17, 15) is 14.7 Å². The highest BCUT2D eigenvalue weighted by Crippen LogP contribution is 2.31. The monoisotopic (exact) mass is 354 g/mol. The molecule has 1 fully saturated rings. The molecule has 136 valence electrons. The van der Waals surface area contributed by atoms with Crippen LogP contribution in [-0.2, 0) is 11.4 Å². The predicted octanol–water partition coefficient (Wildman–Crippen LogP) is 2.91. The molecular formula is C20H22N2O4. The summed E-state index contributed by atoms with van der Waals surface area (Å²) in [6.07, 6.45) is 2.14. The van der Waals surface area contributed by atoms with Crippen LogP contribution in [0.1, 0.15) is 35.0 Å².